The number of thiazole rings is 1. The SMILES string of the molecule is C=C(C)C(=O)OCCOC1CCC(C2CCC(COc3ccc4c(/C=N/N(CCCCCC)c5nc6ccccc6s5)c(OCc5ccc(OCCCOC6OC6(C)C)cc5)ccc4c3)CC2)CC1. The molecule has 0 amide bonds. The molecule has 4 aromatic carbocycles. The molecule has 0 bridgehead atoms. The van der Waals surface area contributed by atoms with Crippen molar-refractivity contribution in [1.82, 2.24) is 4.98 Å². The summed E-state index contributed by atoms with van der Waals surface area (Å²) in [6, 6.07) is 27.0. The number of rotatable bonds is 26. The van der Waals surface area contributed by atoms with E-state index in [-0.39, 0.29) is 30.6 Å². The number of hydrogen-bond donors (Lipinski definition) is 0. The second kappa shape index (κ2) is 24.7. The molecule has 3 aliphatic rings. The Morgan fingerprint density at radius 2 is 1.58 bits per heavy atom. The Kier molecular flexibility index (Phi) is 18.0. The van der Waals surface area contributed by atoms with Crippen molar-refractivity contribution in [2.45, 2.75) is 136 Å². The first-order valence-corrected chi connectivity index (χ1v) is 26.4. The van der Waals surface area contributed by atoms with Gasteiger partial charge in [0.15, 0.2) is 6.29 Å². The first-order chi connectivity index (χ1) is 33.6. The number of carbonyl (C=O) groups is 1. The smallest absolute Gasteiger partial charge is 0.333 e. The number of nitrogens with zero attached hydrogens (tertiary/aromatic N) is 3. The van der Waals surface area contributed by atoms with E-state index in [0.29, 0.717) is 37.9 Å². The largest absolute Gasteiger partial charge is 0.494 e. The molecule has 0 N–H and O–H groups in total. The highest BCUT2D eigenvalue weighted by Gasteiger charge is 2.49. The summed E-state index contributed by atoms with van der Waals surface area (Å²) in [5, 5.41) is 10.3. The normalized spacial score (nSPS) is 21.1. The van der Waals surface area contributed by atoms with Crippen molar-refractivity contribution in [2.24, 2.45) is 22.9 Å². The number of para-hydroxylation sites is 1. The standard InChI is InChI=1S/C57H73N3O8S/c1-6-7-8-11-31-60(56-59-51-13-9-10-14-53(51)69-56)58-37-50-49-29-28-48(66-38-41-15-19-43(20-16-41)44-21-26-47(27-22-44)63-34-35-64-54(61)40(2)3)36-45(49)23-30-52(50)67-39-42-17-24-46(25-18-42)62-32-12-33-65-55-57(4,5)68-55/h9-10,13-14,17-18,23-25,28-30,36-37,41,43-44,47,55H,2,6-8,11-12,15-16,19-22,26-27,31-35,38-39H2,1,3-5H3/b58-37+. The zero-order valence-corrected chi connectivity index (χ0v) is 42.2. The van der Waals surface area contributed by atoms with Crippen molar-refractivity contribution in [2.75, 3.05) is 44.6 Å². The maximum absolute atomic E-state index is 11.6. The molecule has 11 nitrogen and oxygen atoms in total. The molecule has 0 radical (unpaired) electrons. The Labute approximate surface area is 413 Å². The summed E-state index contributed by atoms with van der Waals surface area (Å²) in [5.74, 6) is 4.22. The fraction of sp³-hybridized carbons (Fsp3) is 0.526. The van der Waals surface area contributed by atoms with Gasteiger partial charge >= 0.3 is 5.97 Å². The van der Waals surface area contributed by atoms with E-state index in [4.69, 9.17) is 43.2 Å². The number of carbonyl (C=O) groups excluding carboxylic acids is 1. The maximum Gasteiger partial charge on any atom is 0.333 e. The number of hydrogen-bond acceptors (Lipinski definition) is 12. The number of fused-ring (bicyclic) bond motifs is 2. The van der Waals surface area contributed by atoms with E-state index < -0.39 is 0 Å². The van der Waals surface area contributed by atoms with Crippen LogP contribution in [0.3, 0.4) is 0 Å². The minimum atomic E-state index is -0.349. The number of unbranched alkanes of at least 4 members (excludes halogenated alkanes) is 3. The molecular formula is C57H73N3O8S. The fourth-order valence-electron chi connectivity index (χ4n) is 9.65. The van der Waals surface area contributed by atoms with E-state index in [1.165, 1.54) is 51.4 Å². The molecule has 370 valence electrons. The highest BCUT2D eigenvalue weighted by Crippen LogP contribution is 2.41. The average Bonchev–Trinajstić information content (AvgIpc) is 3.75. The van der Waals surface area contributed by atoms with E-state index in [0.717, 1.165) is 112 Å². The number of epoxide rings is 1. The zero-order valence-electron chi connectivity index (χ0n) is 41.3. The fourth-order valence-corrected chi connectivity index (χ4v) is 10.6. The Hall–Kier alpha value is -5.01. The van der Waals surface area contributed by atoms with Crippen molar-refractivity contribution in [3.05, 3.63) is 102 Å². The highest BCUT2D eigenvalue weighted by atomic mass is 32.1. The molecular weight excluding hydrogens is 887 g/mol. The Bertz CT molecular complexity index is 2420. The third-order valence-electron chi connectivity index (χ3n) is 13.9. The molecule has 1 atom stereocenters. The lowest BCUT2D eigenvalue weighted by Gasteiger charge is -2.37. The van der Waals surface area contributed by atoms with Gasteiger partial charge < -0.3 is 33.2 Å². The van der Waals surface area contributed by atoms with Crippen molar-refractivity contribution in [3.63, 3.8) is 0 Å². The Morgan fingerprint density at radius 3 is 2.32 bits per heavy atom. The summed E-state index contributed by atoms with van der Waals surface area (Å²) >= 11 is 1.68. The van der Waals surface area contributed by atoms with Gasteiger partial charge in [-0.2, -0.15) is 5.10 Å². The van der Waals surface area contributed by atoms with Gasteiger partial charge in [-0.15, -0.1) is 0 Å². The van der Waals surface area contributed by atoms with Gasteiger partial charge in [0.2, 0.25) is 5.13 Å². The van der Waals surface area contributed by atoms with Gasteiger partial charge in [0.05, 0.1) is 49.0 Å². The summed E-state index contributed by atoms with van der Waals surface area (Å²) < 4.78 is 42.8. The van der Waals surface area contributed by atoms with E-state index in [2.05, 4.69) is 79.2 Å². The molecule has 2 aliphatic carbocycles. The minimum absolute atomic E-state index is 0.109. The lowest BCUT2D eigenvalue weighted by atomic mass is 9.71. The summed E-state index contributed by atoms with van der Waals surface area (Å²) in [7, 11) is 0. The average molecular weight is 960 g/mol. The van der Waals surface area contributed by atoms with Gasteiger partial charge in [0.25, 0.3) is 0 Å². The molecule has 3 fully saturated rings. The highest BCUT2D eigenvalue weighted by molar-refractivity contribution is 7.22. The minimum Gasteiger partial charge on any atom is -0.494 e. The summed E-state index contributed by atoms with van der Waals surface area (Å²) in [4.78, 5) is 16.6. The molecule has 0 spiro atoms. The summed E-state index contributed by atoms with van der Waals surface area (Å²) in [5.41, 5.74) is 3.20. The van der Waals surface area contributed by atoms with Crippen LogP contribution in [-0.4, -0.2) is 74.7 Å². The molecule has 2 saturated carbocycles. The Balaban J connectivity index is 0.890. The van der Waals surface area contributed by atoms with Crippen LogP contribution in [0.15, 0.2) is 96.1 Å². The molecule has 8 rings (SSSR count). The van der Waals surface area contributed by atoms with Crippen LogP contribution in [0.4, 0.5) is 5.13 Å². The second-order valence-corrected chi connectivity index (χ2v) is 20.7. The van der Waals surface area contributed by atoms with Crippen LogP contribution in [0.5, 0.6) is 17.2 Å². The topological polar surface area (TPSA) is 113 Å². The first-order valence-electron chi connectivity index (χ1n) is 25.6. The zero-order chi connectivity index (χ0) is 48.0. The lowest BCUT2D eigenvalue weighted by molar-refractivity contribution is -0.141. The summed E-state index contributed by atoms with van der Waals surface area (Å²) in [6.07, 6.45) is 17.0. The lowest BCUT2D eigenvalue weighted by Crippen LogP contribution is -2.30. The number of aromatic nitrogens is 1. The van der Waals surface area contributed by atoms with E-state index in [1.807, 2.05) is 38.3 Å². The molecule has 2 heterocycles. The van der Waals surface area contributed by atoms with Gasteiger partial charge in [0, 0.05) is 24.1 Å². The van der Waals surface area contributed by atoms with Crippen molar-refractivity contribution < 1.29 is 38.0 Å². The van der Waals surface area contributed by atoms with Crippen LogP contribution in [-0.2, 0) is 30.3 Å². The molecule has 69 heavy (non-hydrogen) atoms. The van der Waals surface area contributed by atoms with Crippen LogP contribution in [0.25, 0.3) is 21.0 Å². The van der Waals surface area contributed by atoms with Crippen LogP contribution >= 0.6 is 11.3 Å². The molecule has 1 aliphatic heterocycles. The van der Waals surface area contributed by atoms with Gasteiger partial charge in [-0.1, -0.05) is 74.4 Å². The number of benzene rings is 4. The van der Waals surface area contributed by atoms with Gasteiger partial charge in [-0.3, -0.25) is 0 Å². The third-order valence-corrected chi connectivity index (χ3v) is 14.9. The van der Waals surface area contributed by atoms with Crippen molar-refractivity contribution in [3.8, 4) is 17.2 Å². The number of ether oxygens (including phenoxy) is 7. The molecule has 1 aromatic heterocycles. The number of esters is 1. The molecule has 1 saturated heterocycles. The van der Waals surface area contributed by atoms with Crippen LogP contribution in [0, 0.1) is 17.8 Å². The van der Waals surface area contributed by atoms with E-state index >= 15 is 0 Å². The number of hydrazone groups is 1. The predicted molar refractivity (Wildman–Crippen MR) is 277 cm³/mol. The molecule has 5 aromatic rings. The predicted octanol–water partition coefficient (Wildman–Crippen LogP) is 13.2. The van der Waals surface area contributed by atoms with Crippen LogP contribution in [0.1, 0.15) is 122 Å². The van der Waals surface area contributed by atoms with E-state index in [9.17, 15) is 4.79 Å². The van der Waals surface area contributed by atoms with Gasteiger partial charge in [0.1, 0.15) is 36.1 Å². The van der Waals surface area contributed by atoms with Gasteiger partial charge in [-0.05, 0) is 161 Å². The number of anilines is 1. The summed E-state index contributed by atoms with van der Waals surface area (Å²) in [6.45, 7) is 15.4. The van der Waals surface area contributed by atoms with Gasteiger partial charge in [-0.25, -0.2) is 14.8 Å². The molecule has 12 heteroatoms. The van der Waals surface area contributed by atoms with Crippen molar-refractivity contribution >= 4 is 49.6 Å². The maximum atomic E-state index is 11.6. The quantitative estimate of drug-likeness (QED) is 0.0133. The first kappa shape index (κ1) is 50.4. The second-order valence-electron chi connectivity index (χ2n) is 19.7. The monoisotopic (exact) mass is 960 g/mol. The van der Waals surface area contributed by atoms with Crippen molar-refractivity contribution in [1.29, 1.82) is 0 Å². The Morgan fingerprint density at radius 1 is 0.826 bits per heavy atom. The molecule has 1 unspecified atom stereocenters. The van der Waals surface area contributed by atoms with Crippen LogP contribution < -0.4 is 19.2 Å². The van der Waals surface area contributed by atoms with Crippen LogP contribution in [0.2, 0.25) is 0 Å². The third kappa shape index (κ3) is 14.5. The van der Waals surface area contributed by atoms with E-state index in [1.54, 1.807) is 18.3 Å².